The van der Waals surface area contributed by atoms with Crippen molar-refractivity contribution in [3.63, 3.8) is 0 Å². The maximum absolute atomic E-state index is 13.3. The molecule has 1 aromatic heterocycles. The number of aromatic nitrogens is 1. The predicted octanol–water partition coefficient (Wildman–Crippen LogP) is 0.608. The summed E-state index contributed by atoms with van der Waals surface area (Å²) in [6, 6.07) is 3.05. The Kier molecular flexibility index (Phi) is 3.14. The third-order valence-electron chi connectivity index (χ3n) is 2.78. The molecule has 1 aliphatic heterocycles. The Morgan fingerprint density at radius 3 is 2.69 bits per heavy atom. The van der Waals surface area contributed by atoms with Crippen LogP contribution in [-0.2, 0) is 0 Å². The van der Waals surface area contributed by atoms with Gasteiger partial charge in [-0.05, 0) is 19.2 Å². The van der Waals surface area contributed by atoms with Crippen LogP contribution in [0.3, 0.4) is 0 Å². The van der Waals surface area contributed by atoms with Gasteiger partial charge in [-0.2, -0.15) is 4.39 Å². The second-order valence-corrected chi connectivity index (χ2v) is 3.94. The molecule has 0 saturated carbocycles. The second-order valence-electron chi connectivity index (χ2n) is 3.94. The number of nitrogens with zero attached hydrogens (tertiary/aromatic N) is 3. The lowest BCUT2D eigenvalue weighted by atomic mass is 10.2. The highest BCUT2D eigenvalue weighted by molar-refractivity contribution is 5.94. The summed E-state index contributed by atoms with van der Waals surface area (Å²) in [4.78, 5) is 19.2. The smallest absolute Gasteiger partial charge is 0.258 e. The van der Waals surface area contributed by atoms with Crippen LogP contribution in [-0.4, -0.2) is 53.9 Å². The van der Waals surface area contributed by atoms with Crippen LogP contribution in [0.25, 0.3) is 0 Å². The normalized spacial score (nSPS) is 17.5. The Bertz CT molecular complexity index is 389. The molecule has 0 radical (unpaired) electrons. The van der Waals surface area contributed by atoms with Gasteiger partial charge in [0.05, 0.1) is 5.56 Å². The average molecular weight is 223 g/mol. The lowest BCUT2D eigenvalue weighted by molar-refractivity contribution is 0.0658. The molecule has 1 saturated heterocycles. The number of likely N-dealkylation sites (N-methyl/N-ethyl adjacent to an activating group) is 1. The van der Waals surface area contributed by atoms with Crippen molar-refractivity contribution < 1.29 is 9.18 Å². The molecule has 0 aliphatic carbocycles. The van der Waals surface area contributed by atoms with Crippen molar-refractivity contribution in [1.29, 1.82) is 0 Å². The maximum Gasteiger partial charge on any atom is 0.258 e. The maximum atomic E-state index is 13.3. The van der Waals surface area contributed by atoms with Gasteiger partial charge in [0.1, 0.15) is 0 Å². The van der Waals surface area contributed by atoms with Crippen LogP contribution in [0.2, 0.25) is 0 Å². The fourth-order valence-electron chi connectivity index (χ4n) is 1.73. The zero-order chi connectivity index (χ0) is 11.5. The van der Waals surface area contributed by atoms with E-state index in [4.69, 9.17) is 0 Å². The molecule has 0 aromatic carbocycles. The first-order valence-corrected chi connectivity index (χ1v) is 5.27. The van der Waals surface area contributed by atoms with Crippen molar-refractivity contribution in [1.82, 2.24) is 14.8 Å². The van der Waals surface area contributed by atoms with Gasteiger partial charge in [0.25, 0.3) is 5.91 Å². The monoisotopic (exact) mass is 223 g/mol. The fourth-order valence-corrected chi connectivity index (χ4v) is 1.73. The van der Waals surface area contributed by atoms with E-state index in [2.05, 4.69) is 9.88 Å². The van der Waals surface area contributed by atoms with E-state index in [-0.39, 0.29) is 11.5 Å². The van der Waals surface area contributed by atoms with Gasteiger partial charge >= 0.3 is 0 Å². The molecular weight excluding hydrogens is 209 g/mol. The lowest BCUT2D eigenvalue weighted by Gasteiger charge is -2.32. The van der Waals surface area contributed by atoms with Gasteiger partial charge in [0.15, 0.2) is 0 Å². The summed E-state index contributed by atoms with van der Waals surface area (Å²) in [5.74, 6) is -0.954. The van der Waals surface area contributed by atoms with Crippen molar-refractivity contribution in [3.05, 3.63) is 29.8 Å². The third-order valence-corrected chi connectivity index (χ3v) is 2.78. The molecule has 16 heavy (non-hydrogen) atoms. The van der Waals surface area contributed by atoms with E-state index >= 15 is 0 Å². The quantitative estimate of drug-likeness (QED) is 0.654. The first-order chi connectivity index (χ1) is 7.68. The second kappa shape index (κ2) is 4.57. The van der Waals surface area contributed by atoms with Crippen molar-refractivity contribution in [2.24, 2.45) is 0 Å². The Morgan fingerprint density at radius 1 is 1.38 bits per heavy atom. The molecule has 0 unspecified atom stereocenters. The zero-order valence-electron chi connectivity index (χ0n) is 9.19. The predicted molar refractivity (Wildman–Crippen MR) is 57.6 cm³/mol. The van der Waals surface area contributed by atoms with E-state index in [9.17, 15) is 9.18 Å². The number of carbonyl (C=O) groups is 1. The standard InChI is InChI=1S/C11H14FN3O/c1-14-5-7-15(8-6-14)11(16)9-3-2-4-13-10(9)12/h2-4H,5-8H2,1H3. The molecule has 0 N–H and O–H groups in total. The number of piperazine rings is 1. The van der Waals surface area contributed by atoms with Crippen LogP contribution >= 0.6 is 0 Å². The van der Waals surface area contributed by atoms with Crippen molar-refractivity contribution in [2.45, 2.75) is 0 Å². The average Bonchev–Trinajstić information content (AvgIpc) is 2.30. The largest absolute Gasteiger partial charge is 0.336 e. The van der Waals surface area contributed by atoms with Gasteiger partial charge in [0.2, 0.25) is 5.95 Å². The van der Waals surface area contributed by atoms with Gasteiger partial charge in [-0.15, -0.1) is 0 Å². The van der Waals surface area contributed by atoms with Crippen molar-refractivity contribution in [2.75, 3.05) is 33.2 Å². The summed E-state index contributed by atoms with van der Waals surface area (Å²) in [6.45, 7) is 2.94. The van der Waals surface area contributed by atoms with Gasteiger partial charge in [0, 0.05) is 32.4 Å². The van der Waals surface area contributed by atoms with E-state index in [1.807, 2.05) is 7.05 Å². The summed E-state index contributed by atoms with van der Waals surface area (Å²) in [5, 5.41) is 0. The van der Waals surface area contributed by atoms with Gasteiger partial charge < -0.3 is 9.80 Å². The van der Waals surface area contributed by atoms with Crippen molar-refractivity contribution in [3.8, 4) is 0 Å². The number of amides is 1. The molecule has 2 rings (SSSR count). The number of rotatable bonds is 1. The van der Waals surface area contributed by atoms with E-state index in [1.165, 1.54) is 12.3 Å². The molecular formula is C11H14FN3O. The molecule has 86 valence electrons. The molecule has 0 spiro atoms. The van der Waals surface area contributed by atoms with Crippen LogP contribution in [0.4, 0.5) is 4.39 Å². The Balaban J connectivity index is 2.11. The van der Waals surface area contributed by atoms with Gasteiger partial charge in [-0.25, -0.2) is 4.98 Å². The minimum absolute atomic E-state index is 0.0621. The minimum atomic E-state index is -0.688. The van der Waals surface area contributed by atoms with Crippen LogP contribution in [0, 0.1) is 5.95 Å². The molecule has 1 aliphatic rings. The van der Waals surface area contributed by atoms with Crippen LogP contribution in [0.15, 0.2) is 18.3 Å². The van der Waals surface area contributed by atoms with Crippen LogP contribution < -0.4 is 0 Å². The third kappa shape index (κ3) is 2.19. The molecule has 1 aromatic rings. The molecule has 2 heterocycles. The summed E-state index contributed by atoms with van der Waals surface area (Å²) >= 11 is 0. The summed E-state index contributed by atoms with van der Waals surface area (Å²) in [5.41, 5.74) is 0.0621. The first kappa shape index (κ1) is 11.0. The highest BCUT2D eigenvalue weighted by atomic mass is 19.1. The Labute approximate surface area is 93.7 Å². The van der Waals surface area contributed by atoms with Crippen LogP contribution in [0.5, 0.6) is 0 Å². The molecule has 1 amide bonds. The molecule has 1 fully saturated rings. The number of halogens is 1. The Hall–Kier alpha value is -1.49. The van der Waals surface area contributed by atoms with Crippen LogP contribution in [0.1, 0.15) is 10.4 Å². The number of carbonyl (C=O) groups excluding carboxylic acids is 1. The van der Waals surface area contributed by atoms with E-state index < -0.39 is 5.95 Å². The summed E-state index contributed by atoms with van der Waals surface area (Å²) in [6.07, 6.45) is 1.34. The van der Waals surface area contributed by atoms with E-state index in [1.54, 1.807) is 11.0 Å². The molecule has 0 atom stereocenters. The summed E-state index contributed by atoms with van der Waals surface area (Å²) in [7, 11) is 2.01. The fraction of sp³-hybridized carbons (Fsp3) is 0.455. The highest BCUT2D eigenvalue weighted by Crippen LogP contribution is 2.09. The van der Waals surface area contributed by atoms with E-state index in [0.717, 1.165) is 13.1 Å². The summed E-state index contributed by atoms with van der Waals surface area (Å²) < 4.78 is 13.3. The van der Waals surface area contributed by atoms with Crippen molar-refractivity contribution >= 4 is 5.91 Å². The van der Waals surface area contributed by atoms with Gasteiger partial charge in [-0.1, -0.05) is 0 Å². The van der Waals surface area contributed by atoms with E-state index in [0.29, 0.717) is 13.1 Å². The van der Waals surface area contributed by atoms with Gasteiger partial charge in [-0.3, -0.25) is 4.79 Å². The minimum Gasteiger partial charge on any atom is -0.336 e. The SMILES string of the molecule is CN1CCN(C(=O)c2cccnc2F)CC1. The number of hydrogen-bond donors (Lipinski definition) is 0. The first-order valence-electron chi connectivity index (χ1n) is 5.27. The molecule has 5 heteroatoms. The Morgan fingerprint density at radius 2 is 2.06 bits per heavy atom. The number of pyridine rings is 1. The lowest BCUT2D eigenvalue weighted by Crippen LogP contribution is -2.47. The molecule has 4 nitrogen and oxygen atoms in total. The number of hydrogen-bond acceptors (Lipinski definition) is 3. The molecule has 0 bridgehead atoms. The highest BCUT2D eigenvalue weighted by Gasteiger charge is 2.22. The zero-order valence-corrected chi connectivity index (χ0v) is 9.19. The topological polar surface area (TPSA) is 36.4 Å².